The zero-order chi connectivity index (χ0) is 16.0. The van der Waals surface area contributed by atoms with E-state index in [-0.39, 0.29) is 5.91 Å². The number of nitrogens with one attached hydrogen (secondary N) is 1. The van der Waals surface area contributed by atoms with Gasteiger partial charge in [0.2, 0.25) is 0 Å². The minimum Gasteiger partial charge on any atom is -0.351 e. The minimum atomic E-state index is 0.0320. The topological polar surface area (TPSA) is 46.9 Å². The lowest BCUT2D eigenvalue weighted by Gasteiger charge is -2.46. The van der Waals surface area contributed by atoms with E-state index in [2.05, 4.69) is 26.2 Å². The van der Waals surface area contributed by atoms with Crippen LogP contribution in [0.4, 0.5) is 0 Å². The van der Waals surface area contributed by atoms with Crippen molar-refractivity contribution in [2.45, 2.75) is 38.5 Å². The summed E-state index contributed by atoms with van der Waals surface area (Å²) in [6.45, 7) is 0.817. The Hall–Kier alpha value is -1.36. The quantitative estimate of drug-likeness (QED) is 0.879. The zero-order valence-corrected chi connectivity index (χ0v) is 15.0. The van der Waals surface area contributed by atoms with Crippen molar-refractivity contribution in [3.63, 3.8) is 0 Å². The van der Waals surface area contributed by atoms with Crippen molar-refractivity contribution in [3.05, 3.63) is 28.6 Å². The van der Waals surface area contributed by atoms with Gasteiger partial charge in [0.15, 0.2) is 0 Å². The number of halogens is 1. The lowest BCUT2D eigenvalue weighted by molar-refractivity contribution is 0.0598. The van der Waals surface area contributed by atoms with Gasteiger partial charge in [-0.05, 0) is 65.8 Å². The predicted molar refractivity (Wildman–Crippen MR) is 94.4 cm³/mol. The minimum absolute atomic E-state index is 0.0320. The Morgan fingerprint density at radius 1 is 1.35 bits per heavy atom. The second kappa shape index (κ2) is 5.62. The van der Waals surface area contributed by atoms with E-state index in [0.717, 1.165) is 33.4 Å². The maximum absolute atomic E-state index is 12.8. The summed E-state index contributed by atoms with van der Waals surface area (Å²) in [5.74, 6) is 0.985. The van der Waals surface area contributed by atoms with Gasteiger partial charge in [0.25, 0.3) is 5.91 Å². The van der Waals surface area contributed by atoms with Crippen LogP contribution in [0.5, 0.6) is 0 Å². The zero-order valence-electron chi connectivity index (χ0n) is 13.4. The van der Waals surface area contributed by atoms with Crippen LogP contribution in [0.3, 0.4) is 0 Å². The van der Waals surface area contributed by atoms with E-state index >= 15 is 0 Å². The number of carbonyl (C=O) groups is 1. The Balaban J connectivity index is 1.56. The Morgan fingerprint density at radius 3 is 2.74 bits per heavy atom. The largest absolute Gasteiger partial charge is 0.351 e. The fraction of sp³-hybridized carbons (Fsp3) is 0.556. The predicted octanol–water partition coefficient (Wildman–Crippen LogP) is 4.04. The standard InChI is InChI=1S/C18H22BrN3O/c1-22-10-13(16-14(19)8-20-9-15(16)22)17(23)21-11-18-5-2-12(3-6-18)4-7-18/h8-10,12H,2-7,11H2,1H3,(H,21,23). The average Bonchev–Trinajstić information content (AvgIpc) is 2.93. The van der Waals surface area contributed by atoms with Crippen molar-refractivity contribution in [2.75, 3.05) is 6.54 Å². The van der Waals surface area contributed by atoms with Gasteiger partial charge in [-0.2, -0.15) is 0 Å². The van der Waals surface area contributed by atoms with Crippen LogP contribution in [0.25, 0.3) is 10.9 Å². The van der Waals surface area contributed by atoms with Gasteiger partial charge in [-0.15, -0.1) is 0 Å². The van der Waals surface area contributed by atoms with Crippen molar-refractivity contribution < 1.29 is 4.79 Å². The van der Waals surface area contributed by atoms with E-state index in [9.17, 15) is 4.79 Å². The highest BCUT2D eigenvalue weighted by atomic mass is 79.9. The molecule has 0 saturated heterocycles. The molecular formula is C18H22BrN3O. The molecule has 2 aromatic rings. The van der Waals surface area contributed by atoms with Crippen LogP contribution in [-0.4, -0.2) is 22.0 Å². The molecule has 122 valence electrons. The second-order valence-corrected chi connectivity index (χ2v) is 8.19. The van der Waals surface area contributed by atoms with Gasteiger partial charge >= 0.3 is 0 Å². The number of fused-ring (bicyclic) bond motifs is 4. The molecule has 2 bridgehead atoms. The number of hydrogen-bond donors (Lipinski definition) is 1. The molecule has 3 aliphatic carbocycles. The van der Waals surface area contributed by atoms with Crippen molar-refractivity contribution in [2.24, 2.45) is 18.4 Å². The molecule has 0 atom stereocenters. The SMILES string of the molecule is Cn1cc(C(=O)NCC23CCC(CC2)CC3)c2c(Br)cncc21. The van der Waals surface area contributed by atoms with Crippen molar-refractivity contribution >= 4 is 32.7 Å². The first-order chi connectivity index (χ1) is 11.1. The van der Waals surface area contributed by atoms with E-state index in [4.69, 9.17) is 0 Å². The summed E-state index contributed by atoms with van der Waals surface area (Å²) in [6, 6.07) is 0. The van der Waals surface area contributed by atoms with Crippen LogP contribution >= 0.6 is 15.9 Å². The molecule has 0 aliphatic heterocycles. The third-order valence-corrected chi connectivity index (χ3v) is 6.57. The maximum Gasteiger partial charge on any atom is 0.253 e. The fourth-order valence-electron chi connectivity index (χ4n) is 4.43. The Morgan fingerprint density at radius 2 is 2.04 bits per heavy atom. The molecule has 0 aromatic carbocycles. The molecule has 0 unspecified atom stereocenters. The normalized spacial score (nSPS) is 26.6. The highest BCUT2D eigenvalue weighted by Gasteiger charge is 2.40. The summed E-state index contributed by atoms with van der Waals surface area (Å²) in [4.78, 5) is 17.0. The molecule has 5 rings (SSSR count). The summed E-state index contributed by atoms with van der Waals surface area (Å²) in [7, 11) is 1.95. The van der Waals surface area contributed by atoms with Crippen LogP contribution in [0, 0.1) is 11.3 Å². The number of pyridine rings is 1. The van der Waals surface area contributed by atoms with Crippen molar-refractivity contribution in [1.82, 2.24) is 14.9 Å². The van der Waals surface area contributed by atoms with Crippen LogP contribution < -0.4 is 5.32 Å². The third kappa shape index (κ3) is 2.59. The fourth-order valence-corrected chi connectivity index (χ4v) is 4.96. The summed E-state index contributed by atoms with van der Waals surface area (Å²) < 4.78 is 2.84. The highest BCUT2D eigenvalue weighted by molar-refractivity contribution is 9.10. The van der Waals surface area contributed by atoms with Gasteiger partial charge in [-0.1, -0.05) is 0 Å². The van der Waals surface area contributed by atoms with Crippen molar-refractivity contribution in [1.29, 1.82) is 0 Å². The smallest absolute Gasteiger partial charge is 0.253 e. The average molecular weight is 376 g/mol. The molecular weight excluding hydrogens is 354 g/mol. The van der Waals surface area contributed by atoms with Crippen LogP contribution in [0.1, 0.15) is 48.9 Å². The molecule has 0 spiro atoms. The molecule has 1 N–H and O–H groups in total. The second-order valence-electron chi connectivity index (χ2n) is 7.33. The molecule has 4 nitrogen and oxygen atoms in total. The first-order valence-corrected chi connectivity index (χ1v) is 9.24. The molecule has 3 aliphatic rings. The molecule has 3 saturated carbocycles. The number of amides is 1. The number of carbonyl (C=O) groups excluding carboxylic acids is 1. The molecule has 0 radical (unpaired) electrons. The van der Waals surface area contributed by atoms with Crippen LogP contribution in [0.15, 0.2) is 23.1 Å². The molecule has 3 fully saturated rings. The summed E-state index contributed by atoms with van der Waals surface area (Å²) in [6.07, 6.45) is 13.3. The van der Waals surface area contributed by atoms with E-state index < -0.39 is 0 Å². The van der Waals surface area contributed by atoms with Gasteiger partial charge in [-0.25, -0.2) is 0 Å². The van der Waals surface area contributed by atoms with Crippen molar-refractivity contribution in [3.8, 4) is 0 Å². The molecule has 1 amide bonds. The number of aryl methyl sites for hydroxylation is 1. The number of nitrogens with zero attached hydrogens (tertiary/aromatic N) is 2. The van der Waals surface area contributed by atoms with E-state index in [1.165, 1.54) is 38.5 Å². The van der Waals surface area contributed by atoms with Gasteiger partial charge in [0.1, 0.15) is 0 Å². The lowest BCUT2D eigenvalue weighted by Crippen LogP contribution is -2.43. The Kier molecular flexibility index (Phi) is 3.71. The number of aromatic nitrogens is 2. The van der Waals surface area contributed by atoms with Gasteiger partial charge < -0.3 is 9.88 Å². The monoisotopic (exact) mass is 375 g/mol. The third-order valence-electron chi connectivity index (χ3n) is 5.97. The van der Waals surface area contributed by atoms with Crippen LogP contribution in [0.2, 0.25) is 0 Å². The van der Waals surface area contributed by atoms with E-state index in [1.54, 1.807) is 12.4 Å². The highest BCUT2D eigenvalue weighted by Crippen LogP contribution is 2.49. The number of hydrogen-bond acceptors (Lipinski definition) is 2. The van der Waals surface area contributed by atoms with Gasteiger partial charge in [0.05, 0.1) is 17.3 Å². The van der Waals surface area contributed by atoms with Gasteiger partial charge in [0, 0.05) is 35.8 Å². The van der Waals surface area contributed by atoms with E-state index in [0.29, 0.717) is 5.41 Å². The lowest BCUT2D eigenvalue weighted by atomic mass is 9.61. The summed E-state index contributed by atoms with van der Waals surface area (Å²) in [5.41, 5.74) is 2.06. The molecule has 2 heterocycles. The maximum atomic E-state index is 12.8. The number of rotatable bonds is 3. The molecule has 2 aromatic heterocycles. The first-order valence-electron chi connectivity index (χ1n) is 8.45. The summed E-state index contributed by atoms with van der Waals surface area (Å²) >= 11 is 3.53. The summed E-state index contributed by atoms with van der Waals surface area (Å²) in [5, 5.41) is 4.17. The van der Waals surface area contributed by atoms with Crippen LogP contribution in [-0.2, 0) is 7.05 Å². The molecule has 5 heteroatoms. The first kappa shape index (κ1) is 15.2. The molecule has 23 heavy (non-hydrogen) atoms. The van der Waals surface area contributed by atoms with E-state index in [1.807, 2.05) is 17.8 Å². The Bertz CT molecular complexity index is 745. The van der Waals surface area contributed by atoms with Gasteiger partial charge in [-0.3, -0.25) is 9.78 Å². The Labute approximate surface area is 144 Å².